The van der Waals surface area contributed by atoms with Crippen LogP contribution in [0, 0.1) is 23.2 Å². The monoisotopic (exact) mass is 311 g/mol. The lowest BCUT2D eigenvalue weighted by molar-refractivity contribution is -0.151. The molecule has 21 heavy (non-hydrogen) atoms. The van der Waals surface area contributed by atoms with E-state index in [2.05, 4.69) is 39.9 Å². The zero-order valence-corrected chi connectivity index (χ0v) is 15.2. The van der Waals surface area contributed by atoms with Gasteiger partial charge in [-0.2, -0.15) is 5.26 Å². The van der Waals surface area contributed by atoms with Crippen LogP contribution in [0.15, 0.2) is 0 Å². The lowest BCUT2D eigenvalue weighted by atomic mass is 9.92. The van der Waals surface area contributed by atoms with Crippen LogP contribution >= 0.6 is 0 Å². The SMILES string of the molecule is CC(=O)O[C@@H](CO[Si](C)(C)C(C)(C)C)[C@@H]1CCC[C@H]1C#N. The van der Waals surface area contributed by atoms with Crippen molar-refractivity contribution in [3.63, 3.8) is 0 Å². The Morgan fingerprint density at radius 1 is 1.38 bits per heavy atom. The molecular formula is C16H29NO3Si. The summed E-state index contributed by atoms with van der Waals surface area (Å²) in [5.41, 5.74) is 0. The maximum absolute atomic E-state index is 11.4. The molecule has 0 aliphatic heterocycles. The molecule has 0 aromatic heterocycles. The van der Waals surface area contributed by atoms with Crippen molar-refractivity contribution >= 4 is 14.3 Å². The standard InChI is InChI=1S/C16H29NO3Si/c1-12(18)20-15(14-9-7-8-13(14)10-17)11-19-21(5,6)16(2,3)4/h13-15H,7-9,11H2,1-6H3/t13-,14+,15-/m0/s1. The average molecular weight is 311 g/mol. The Hall–Kier alpha value is -0.863. The first-order chi connectivity index (χ1) is 9.58. The molecule has 1 fully saturated rings. The quantitative estimate of drug-likeness (QED) is 0.571. The summed E-state index contributed by atoms with van der Waals surface area (Å²) in [5, 5.41) is 9.38. The molecule has 0 aromatic carbocycles. The summed E-state index contributed by atoms with van der Waals surface area (Å²) >= 11 is 0. The van der Waals surface area contributed by atoms with Crippen LogP contribution in [0.5, 0.6) is 0 Å². The number of nitriles is 1. The van der Waals surface area contributed by atoms with E-state index in [0.29, 0.717) is 6.61 Å². The van der Waals surface area contributed by atoms with Gasteiger partial charge < -0.3 is 9.16 Å². The molecule has 0 amide bonds. The molecule has 0 unspecified atom stereocenters. The fourth-order valence-electron chi connectivity index (χ4n) is 2.56. The highest BCUT2D eigenvalue weighted by molar-refractivity contribution is 6.74. The van der Waals surface area contributed by atoms with E-state index in [1.165, 1.54) is 6.92 Å². The lowest BCUT2D eigenvalue weighted by Gasteiger charge is -2.38. The van der Waals surface area contributed by atoms with Gasteiger partial charge in [0.1, 0.15) is 6.10 Å². The van der Waals surface area contributed by atoms with E-state index in [9.17, 15) is 10.1 Å². The molecule has 5 heteroatoms. The third-order valence-electron chi connectivity index (χ3n) is 4.94. The minimum atomic E-state index is -1.88. The first-order valence-corrected chi connectivity index (χ1v) is 10.7. The smallest absolute Gasteiger partial charge is 0.302 e. The normalized spacial score (nSPS) is 24.4. The van der Waals surface area contributed by atoms with E-state index in [0.717, 1.165) is 19.3 Å². The van der Waals surface area contributed by atoms with Crippen LogP contribution in [0.1, 0.15) is 47.0 Å². The first kappa shape index (κ1) is 18.2. The predicted molar refractivity (Wildman–Crippen MR) is 85.1 cm³/mol. The summed E-state index contributed by atoms with van der Waals surface area (Å²) in [6, 6.07) is 2.36. The Kier molecular flexibility index (Phi) is 6.00. The highest BCUT2D eigenvalue weighted by Gasteiger charge is 2.41. The van der Waals surface area contributed by atoms with Crippen LogP contribution in [-0.2, 0) is 14.0 Å². The molecule has 0 bridgehead atoms. The van der Waals surface area contributed by atoms with E-state index in [4.69, 9.17) is 9.16 Å². The Bertz CT molecular complexity index is 409. The summed E-state index contributed by atoms with van der Waals surface area (Å²) in [5.74, 6) is -0.191. The Morgan fingerprint density at radius 3 is 2.48 bits per heavy atom. The third kappa shape index (κ3) is 4.82. The van der Waals surface area contributed by atoms with E-state index in [1.807, 2.05) is 0 Å². The van der Waals surface area contributed by atoms with Crippen molar-refractivity contribution in [2.45, 2.75) is 71.2 Å². The van der Waals surface area contributed by atoms with Gasteiger partial charge in [0.25, 0.3) is 0 Å². The van der Waals surface area contributed by atoms with Crippen LogP contribution in [-0.4, -0.2) is 27.0 Å². The van der Waals surface area contributed by atoms with Gasteiger partial charge >= 0.3 is 5.97 Å². The van der Waals surface area contributed by atoms with E-state index in [-0.39, 0.29) is 28.9 Å². The molecule has 1 aliphatic rings. The summed E-state index contributed by atoms with van der Waals surface area (Å²) in [6.07, 6.45) is 2.58. The fourth-order valence-corrected chi connectivity index (χ4v) is 3.57. The molecule has 0 aromatic rings. The van der Waals surface area contributed by atoms with Crippen molar-refractivity contribution in [1.82, 2.24) is 0 Å². The van der Waals surface area contributed by atoms with Gasteiger partial charge in [-0.15, -0.1) is 0 Å². The van der Waals surface area contributed by atoms with Crippen molar-refractivity contribution in [1.29, 1.82) is 5.26 Å². The molecule has 1 rings (SSSR count). The van der Waals surface area contributed by atoms with E-state index < -0.39 is 8.32 Å². The first-order valence-electron chi connectivity index (χ1n) is 7.79. The van der Waals surface area contributed by atoms with Crippen LogP contribution in [0.4, 0.5) is 0 Å². The molecule has 0 heterocycles. The molecule has 3 atom stereocenters. The van der Waals surface area contributed by atoms with Crippen LogP contribution < -0.4 is 0 Å². The Balaban J connectivity index is 2.76. The molecule has 1 saturated carbocycles. The van der Waals surface area contributed by atoms with Crippen molar-refractivity contribution in [2.24, 2.45) is 11.8 Å². The molecule has 0 N–H and O–H groups in total. The van der Waals surface area contributed by atoms with Gasteiger partial charge in [-0.25, -0.2) is 0 Å². The van der Waals surface area contributed by atoms with Gasteiger partial charge in [0.15, 0.2) is 8.32 Å². The largest absolute Gasteiger partial charge is 0.460 e. The number of esters is 1. The minimum Gasteiger partial charge on any atom is -0.460 e. The van der Waals surface area contributed by atoms with Gasteiger partial charge in [0, 0.05) is 12.8 Å². The summed E-state index contributed by atoms with van der Waals surface area (Å²) in [7, 11) is -1.88. The van der Waals surface area contributed by atoms with Crippen LogP contribution in [0.2, 0.25) is 18.1 Å². The highest BCUT2D eigenvalue weighted by atomic mass is 28.4. The van der Waals surface area contributed by atoms with Gasteiger partial charge in [0.2, 0.25) is 0 Å². The molecule has 0 radical (unpaired) electrons. The second-order valence-electron chi connectivity index (χ2n) is 7.55. The molecule has 4 nitrogen and oxygen atoms in total. The number of rotatable bonds is 5. The van der Waals surface area contributed by atoms with Gasteiger partial charge in [-0.05, 0) is 31.0 Å². The maximum atomic E-state index is 11.4. The average Bonchev–Trinajstić information content (AvgIpc) is 2.80. The maximum Gasteiger partial charge on any atom is 0.302 e. The third-order valence-corrected chi connectivity index (χ3v) is 9.45. The highest BCUT2D eigenvalue weighted by Crippen LogP contribution is 2.39. The molecule has 120 valence electrons. The van der Waals surface area contributed by atoms with Crippen molar-refractivity contribution in [2.75, 3.05) is 6.61 Å². The van der Waals surface area contributed by atoms with Gasteiger partial charge in [-0.3, -0.25) is 4.79 Å². The zero-order chi connectivity index (χ0) is 16.3. The number of hydrogen-bond acceptors (Lipinski definition) is 4. The van der Waals surface area contributed by atoms with Gasteiger partial charge in [-0.1, -0.05) is 27.2 Å². The second-order valence-corrected chi connectivity index (χ2v) is 12.4. The fraction of sp³-hybridized carbons (Fsp3) is 0.875. The van der Waals surface area contributed by atoms with Gasteiger partial charge in [0.05, 0.1) is 18.6 Å². The topological polar surface area (TPSA) is 59.3 Å². The minimum absolute atomic E-state index is 0.0163. The molecule has 0 saturated heterocycles. The molecule has 1 aliphatic carbocycles. The number of carbonyl (C=O) groups is 1. The lowest BCUT2D eigenvalue weighted by Crippen LogP contribution is -2.44. The van der Waals surface area contributed by atoms with Crippen molar-refractivity contribution < 1.29 is 14.0 Å². The Labute approximate surface area is 129 Å². The van der Waals surface area contributed by atoms with E-state index >= 15 is 0 Å². The number of ether oxygens (including phenoxy) is 1. The number of carbonyl (C=O) groups excluding carboxylic acids is 1. The van der Waals surface area contributed by atoms with Crippen LogP contribution in [0.25, 0.3) is 0 Å². The predicted octanol–water partition coefficient (Wildman–Crippen LogP) is 3.88. The Morgan fingerprint density at radius 2 is 2.00 bits per heavy atom. The summed E-state index contributed by atoms with van der Waals surface area (Å²) in [4.78, 5) is 11.4. The second kappa shape index (κ2) is 6.93. The van der Waals surface area contributed by atoms with Crippen LogP contribution in [0.3, 0.4) is 0 Å². The zero-order valence-electron chi connectivity index (χ0n) is 14.2. The van der Waals surface area contributed by atoms with Crippen molar-refractivity contribution in [3.05, 3.63) is 0 Å². The molecular weight excluding hydrogens is 282 g/mol. The molecule has 0 spiro atoms. The van der Waals surface area contributed by atoms with E-state index in [1.54, 1.807) is 0 Å². The van der Waals surface area contributed by atoms with Crippen molar-refractivity contribution in [3.8, 4) is 6.07 Å². The number of hydrogen-bond donors (Lipinski definition) is 0. The number of nitrogens with zero attached hydrogens (tertiary/aromatic N) is 1. The summed E-state index contributed by atoms with van der Waals surface area (Å²) < 4.78 is 11.7. The summed E-state index contributed by atoms with van der Waals surface area (Å²) in [6.45, 7) is 12.8.